The molecule has 1 unspecified atom stereocenters. The molecule has 21 heavy (non-hydrogen) atoms. The number of aryl methyl sites for hydroxylation is 2. The lowest BCUT2D eigenvalue weighted by Crippen LogP contribution is -2.46. The van der Waals surface area contributed by atoms with Gasteiger partial charge in [-0.1, -0.05) is 0 Å². The average molecular weight is 293 g/mol. The van der Waals surface area contributed by atoms with Crippen LogP contribution in [-0.4, -0.2) is 38.7 Å². The second-order valence-corrected chi connectivity index (χ2v) is 6.86. The first-order valence-electron chi connectivity index (χ1n) is 7.83. The van der Waals surface area contributed by atoms with Gasteiger partial charge < -0.3 is 14.2 Å². The summed E-state index contributed by atoms with van der Waals surface area (Å²) in [6.07, 6.45) is 8.00. The Bertz CT molecular complexity index is 476. The summed E-state index contributed by atoms with van der Waals surface area (Å²) in [7, 11) is 0. The zero-order valence-corrected chi connectivity index (χ0v) is 13.6. The van der Waals surface area contributed by atoms with E-state index in [1.807, 2.05) is 45.1 Å². The Morgan fingerprint density at radius 2 is 2.19 bits per heavy atom. The van der Waals surface area contributed by atoms with Crippen molar-refractivity contribution >= 4 is 6.09 Å². The predicted octanol–water partition coefficient (Wildman–Crippen LogP) is 3.37. The van der Waals surface area contributed by atoms with E-state index in [0.717, 1.165) is 38.0 Å². The topological polar surface area (TPSA) is 47.4 Å². The number of rotatable bonds is 3. The molecule has 0 N–H and O–H groups in total. The van der Waals surface area contributed by atoms with Crippen molar-refractivity contribution in [2.24, 2.45) is 0 Å². The fraction of sp³-hybridized carbons (Fsp3) is 0.750. The van der Waals surface area contributed by atoms with E-state index in [1.165, 1.54) is 6.42 Å². The van der Waals surface area contributed by atoms with E-state index in [0.29, 0.717) is 0 Å². The van der Waals surface area contributed by atoms with Gasteiger partial charge in [-0.25, -0.2) is 9.78 Å². The summed E-state index contributed by atoms with van der Waals surface area (Å²) in [6, 6.07) is 0.274. The van der Waals surface area contributed by atoms with Crippen LogP contribution in [0.4, 0.5) is 4.79 Å². The fourth-order valence-corrected chi connectivity index (χ4v) is 2.75. The van der Waals surface area contributed by atoms with E-state index in [4.69, 9.17) is 4.74 Å². The summed E-state index contributed by atoms with van der Waals surface area (Å²) in [4.78, 5) is 18.5. The molecule has 1 atom stereocenters. The van der Waals surface area contributed by atoms with Crippen LogP contribution in [0.1, 0.15) is 52.1 Å². The first-order valence-corrected chi connectivity index (χ1v) is 7.83. The standard InChI is InChI=1S/C16H27N3O2/c1-13-11-18(12-17-13)10-8-14-7-5-6-9-19(14)15(20)21-16(2,3)4/h11-12,14H,5-10H2,1-4H3. The predicted molar refractivity (Wildman–Crippen MR) is 82.2 cm³/mol. The molecule has 1 aliphatic heterocycles. The van der Waals surface area contributed by atoms with Crippen molar-refractivity contribution in [3.05, 3.63) is 18.2 Å². The summed E-state index contributed by atoms with van der Waals surface area (Å²) < 4.78 is 7.63. The fourth-order valence-electron chi connectivity index (χ4n) is 2.75. The number of carbonyl (C=O) groups excluding carboxylic acids is 1. The highest BCUT2D eigenvalue weighted by Crippen LogP contribution is 2.23. The van der Waals surface area contributed by atoms with E-state index in [9.17, 15) is 4.79 Å². The van der Waals surface area contributed by atoms with E-state index >= 15 is 0 Å². The molecule has 1 saturated heterocycles. The summed E-state index contributed by atoms with van der Waals surface area (Å²) in [5, 5.41) is 0. The van der Waals surface area contributed by atoms with Crippen molar-refractivity contribution in [3.63, 3.8) is 0 Å². The third-order valence-electron chi connectivity index (χ3n) is 3.74. The lowest BCUT2D eigenvalue weighted by atomic mass is 10.00. The van der Waals surface area contributed by atoms with Gasteiger partial charge in [0.1, 0.15) is 5.60 Å². The Balaban J connectivity index is 1.93. The zero-order valence-electron chi connectivity index (χ0n) is 13.6. The van der Waals surface area contributed by atoms with Crippen LogP contribution in [0.5, 0.6) is 0 Å². The van der Waals surface area contributed by atoms with Crippen LogP contribution < -0.4 is 0 Å². The first kappa shape index (κ1) is 15.9. The van der Waals surface area contributed by atoms with Crippen molar-refractivity contribution in [1.82, 2.24) is 14.5 Å². The Hall–Kier alpha value is -1.52. The summed E-state index contributed by atoms with van der Waals surface area (Å²) >= 11 is 0. The third-order valence-corrected chi connectivity index (χ3v) is 3.74. The smallest absolute Gasteiger partial charge is 0.410 e. The van der Waals surface area contributed by atoms with Gasteiger partial charge in [0.05, 0.1) is 12.0 Å². The maximum atomic E-state index is 12.3. The van der Waals surface area contributed by atoms with Gasteiger partial charge >= 0.3 is 6.09 Å². The number of ether oxygens (including phenoxy) is 1. The minimum Gasteiger partial charge on any atom is -0.444 e. The highest BCUT2D eigenvalue weighted by atomic mass is 16.6. The number of piperidine rings is 1. The van der Waals surface area contributed by atoms with Gasteiger partial charge in [0.2, 0.25) is 0 Å². The minimum absolute atomic E-state index is 0.172. The van der Waals surface area contributed by atoms with Crippen molar-refractivity contribution in [3.8, 4) is 0 Å². The molecule has 5 heteroatoms. The number of amides is 1. The molecular formula is C16H27N3O2. The van der Waals surface area contributed by atoms with Crippen LogP contribution in [0, 0.1) is 6.92 Å². The van der Waals surface area contributed by atoms with Crippen molar-refractivity contribution < 1.29 is 9.53 Å². The molecule has 0 radical (unpaired) electrons. The number of imidazole rings is 1. The molecule has 0 bridgehead atoms. The van der Waals surface area contributed by atoms with Crippen molar-refractivity contribution in [2.45, 2.75) is 71.6 Å². The molecule has 1 amide bonds. The monoisotopic (exact) mass is 293 g/mol. The number of likely N-dealkylation sites (tertiary alicyclic amines) is 1. The van der Waals surface area contributed by atoms with E-state index in [-0.39, 0.29) is 12.1 Å². The SMILES string of the molecule is Cc1cn(CCC2CCCCN2C(=O)OC(C)(C)C)cn1. The molecule has 1 fully saturated rings. The Morgan fingerprint density at radius 3 is 2.81 bits per heavy atom. The second-order valence-electron chi connectivity index (χ2n) is 6.86. The molecule has 5 nitrogen and oxygen atoms in total. The molecule has 0 aliphatic carbocycles. The molecule has 1 aromatic heterocycles. The normalized spacial score (nSPS) is 19.6. The highest BCUT2D eigenvalue weighted by Gasteiger charge is 2.30. The quantitative estimate of drug-likeness (QED) is 0.858. The lowest BCUT2D eigenvalue weighted by molar-refractivity contribution is 0.00838. The maximum absolute atomic E-state index is 12.3. The Morgan fingerprint density at radius 1 is 1.43 bits per heavy atom. The van der Waals surface area contributed by atoms with Gasteiger partial charge in [-0.3, -0.25) is 0 Å². The van der Waals surface area contributed by atoms with Crippen LogP contribution in [-0.2, 0) is 11.3 Å². The summed E-state index contributed by atoms with van der Waals surface area (Å²) in [5.74, 6) is 0. The molecule has 0 spiro atoms. The highest BCUT2D eigenvalue weighted by molar-refractivity contribution is 5.68. The van der Waals surface area contributed by atoms with Gasteiger partial charge in [0, 0.05) is 25.3 Å². The van der Waals surface area contributed by atoms with Crippen LogP contribution in [0.2, 0.25) is 0 Å². The molecule has 2 heterocycles. The largest absolute Gasteiger partial charge is 0.444 e. The van der Waals surface area contributed by atoms with Gasteiger partial charge in [-0.2, -0.15) is 0 Å². The molecule has 0 saturated carbocycles. The van der Waals surface area contributed by atoms with Crippen molar-refractivity contribution in [1.29, 1.82) is 0 Å². The molecule has 118 valence electrons. The number of carbonyl (C=O) groups is 1. The van der Waals surface area contributed by atoms with E-state index in [1.54, 1.807) is 0 Å². The average Bonchev–Trinajstić information content (AvgIpc) is 2.80. The minimum atomic E-state index is -0.430. The van der Waals surface area contributed by atoms with Crippen LogP contribution >= 0.6 is 0 Å². The third kappa shape index (κ3) is 4.76. The van der Waals surface area contributed by atoms with Crippen LogP contribution in [0.15, 0.2) is 12.5 Å². The van der Waals surface area contributed by atoms with E-state index < -0.39 is 5.60 Å². The van der Waals surface area contributed by atoms with Gasteiger partial charge in [0.15, 0.2) is 0 Å². The number of hydrogen-bond acceptors (Lipinski definition) is 3. The lowest BCUT2D eigenvalue weighted by Gasteiger charge is -2.36. The maximum Gasteiger partial charge on any atom is 0.410 e. The number of aromatic nitrogens is 2. The van der Waals surface area contributed by atoms with Crippen LogP contribution in [0.3, 0.4) is 0 Å². The summed E-state index contributed by atoms with van der Waals surface area (Å²) in [5.41, 5.74) is 0.600. The molecule has 0 aromatic carbocycles. The number of nitrogens with zero attached hydrogens (tertiary/aromatic N) is 3. The molecular weight excluding hydrogens is 266 g/mol. The Kier molecular flexibility index (Phi) is 4.91. The molecule has 1 aliphatic rings. The molecule has 1 aromatic rings. The van der Waals surface area contributed by atoms with E-state index in [2.05, 4.69) is 9.55 Å². The summed E-state index contributed by atoms with van der Waals surface area (Å²) in [6.45, 7) is 9.44. The van der Waals surface area contributed by atoms with Crippen LogP contribution in [0.25, 0.3) is 0 Å². The zero-order chi connectivity index (χ0) is 15.5. The molecule has 2 rings (SSSR count). The van der Waals surface area contributed by atoms with Gasteiger partial charge in [-0.05, 0) is 53.4 Å². The Labute approximate surface area is 127 Å². The first-order chi connectivity index (χ1) is 9.85. The van der Waals surface area contributed by atoms with Gasteiger partial charge in [-0.15, -0.1) is 0 Å². The number of hydrogen-bond donors (Lipinski definition) is 0. The second kappa shape index (κ2) is 6.50. The van der Waals surface area contributed by atoms with Crippen molar-refractivity contribution in [2.75, 3.05) is 6.54 Å². The van der Waals surface area contributed by atoms with Gasteiger partial charge in [0.25, 0.3) is 0 Å².